The largest absolute Gasteiger partial charge is 0.381 e. The maximum Gasteiger partial charge on any atom is 0.155 e. The van der Waals surface area contributed by atoms with Crippen LogP contribution in [0.2, 0.25) is 0 Å². The van der Waals surface area contributed by atoms with E-state index in [1.165, 1.54) is 0 Å². The predicted octanol–water partition coefficient (Wildman–Crippen LogP) is 1.95. The number of hydrogen-bond acceptors (Lipinski definition) is 2. The van der Waals surface area contributed by atoms with Crippen LogP contribution >= 0.6 is 0 Å². The summed E-state index contributed by atoms with van der Waals surface area (Å²) in [7, 11) is 0. The summed E-state index contributed by atoms with van der Waals surface area (Å²) in [6.07, 6.45) is 6.49. The summed E-state index contributed by atoms with van der Waals surface area (Å²) < 4.78 is 5.21. The first-order valence-electron chi connectivity index (χ1n) is 4.61. The molecular weight excluding hydrogens is 152 g/mol. The van der Waals surface area contributed by atoms with E-state index in [9.17, 15) is 4.79 Å². The van der Waals surface area contributed by atoms with E-state index in [2.05, 4.69) is 0 Å². The van der Waals surface area contributed by atoms with Crippen molar-refractivity contribution in [1.82, 2.24) is 0 Å². The van der Waals surface area contributed by atoms with Crippen molar-refractivity contribution in [2.75, 3.05) is 13.2 Å². The van der Waals surface area contributed by atoms with Crippen LogP contribution in [0.25, 0.3) is 0 Å². The second-order valence-corrected chi connectivity index (χ2v) is 3.13. The minimum atomic E-state index is 0.224. The third-order valence-electron chi connectivity index (χ3n) is 2.17. The molecule has 1 aliphatic rings. The lowest BCUT2D eigenvalue weighted by Crippen LogP contribution is -2.13. The molecule has 1 rings (SSSR count). The van der Waals surface area contributed by atoms with E-state index in [1.54, 1.807) is 6.08 Å². The molecule has 0 bridgehead atoms. The zero-order chi connectivity index (χ0) is 8.81. The lowest BCUT2D eigenvalue weighted by Gasteiger charge is -2.18. The van der Waals surface area contributed by atoms with Crippen molar-refractivity contribution in [2.45, 2.75) is 26.2 Å². The number of ether oxygens (including phenoxy) is 1. The summed E-state index contributed by atoms with van der Waals surface area (Å²) in [6, 6.07) is 0. The highest BCUT2D eigenvalue weighted by Crippen LogP contribution is 2.15. The van der Waals surface area contributed by atoms with Gasteiger partial charge in [0, 0.05) is 19.6 Å². The summed E-state index contributed by atoms with van der Waals surface area (Å²) >= 11 is 0. The van der Waals surface area contributed by atoms with E-state index in [4.69, 9.17) is 4.74 Å². The van der Waals surface area contributed by atoms with E-state index >= 15 is 0 Å². The molecule has 68 valence electrons. The Hall–Kier alpha value is -0.630. The van der Waals surface area contributed by atoms with Gasteiger partial charge in [-0.2, -0.15) is 0 Å². The zero-order valence-electron chi connectivity index (χ0n) is 7.58. The van der Waals surface area contributed by atoms with Crippen molar-refractivity contribution in [3.63, 3.8) is 0 Å². The molecule has 0 aromatic carbocycles. The second kappa shape index (κ2) is 5.09. The molecule has 0 saturated carbocycles. The minimum absolute atomic E-state index is 0.224. The van der Waals surface area contributed by atoms with Gasteiger partial charge in [-0.15, -0.1) is 0 Å². The van der Waals surface area contributed by atoms with Gasteiger partial charge in [0.25, 0.3) is 0 Å². The molecule has 1 saturated heterocycles. The Labute approximate surface area is 73.6 Å². The molecular formula is C10H16O2. The third-order valence-corrected chi connectivity index (χ3v) is 2.17. The highest BCUT2D eigenvalue weighted by molar-refractivity contribution is 5.89. The number of rotatable bonds is 3. The molecule has 0 aromatic rings. The molecule has 0 radical (unpaired) electrons. The van der Waals surface area contributed by atoms with Gasteiger partial charge >= 0.3 is 0 Å². The summed E-state index contributed by atoms with van der Waals surface area (Å²) in [5.74, 6) is 0.788. The lowest BCUT2D eigenvalue weighted by atomic mass is 9.99. The summed E-state index contributed by atoms with van der Waals surface area (Å²) in [6.45, 7) is 3.57. The van der Waals surface area contributed by atoms with Crippen molar-refractivity contribution in [3.05, 3.63) is 12.2 Å². The van der Waals surface area contributed by atoms with E-state index in [0.717, 1.165) is 26.1 Å². The van der Waals surface area contributed by atoms with Gasteiger partial charge in [-0.05, 0) is 24.8 Å². The molecule has 1 heterocycles. The molecule has 0 N–H and O–H groups in total. The molecule has 1 aliphatic heterocycles. The van der Waals surface area contributed by atoms with Crippen LogP contribution in [-0.2, 0) is 9.53 Å². The Bertz CT molecular complexity index is 167. The van der Waals surface area contributed by atoms with Gasteiger partial charge in [-0.3, -0.25) is 4.79 Å². The fourth-order valence-corrected chi connectivity index (χ4v) is 1.27. The van der Waals surface area contributed by atoms with Crippen molar-refractivity contribution in [3.8, 4) is 0 Å². The maximum atomic E-state index is 10.9. The van der Waals surface area contributed by atoms with Gasteiger partial charge in [0.1, 0.15) is 0 Å². The van der Waals surface area contributed by atoms with Gasteiger partial charge in [0.15, 0.2) is 5.78 Å². The van der Waals surface area contributed by atoms with Crippen molar-refractivity contribution >= 4 is 5.78 Å². The Kier molecular flexibility index (Phi) is 4.01. The fraction of sp³-hybridized carbons (Fsp3) is 0.700. The molecule has 1 fully saturated rings. The molecule has 0 aliphatic carbocycles. The van der Waals surface area contributed by atoms with Crippen LogP contribution in [-0.4, -0.2) is 19.0 Å². The standard InChI is InChI=1S/C10H16O2/c1-2-10(11)4-3-9-5-7-12-8-6-9/h3-4,9H,2,5-8H2,1H3. The molecule has 0 aromatic heterocycles. The van der Waals surface area contributed by atoms with Crippen LogP contribution in [0.5, 0.6) is 0 Å². The van der Waals surface area contributed by atoms with Gasteiger partial charge < -0.3 is 4.74 Å². The molecule has 2 nitrogen and oxygen atoms in total. The average Bonchev–Trinajstić information content (AvgIpc) is 2.16. The summed E-state index contributed by atoms with van der Waals surface area (Å²) in [5.41, 5.74) is 0. The third kappa shape index (κ3) is 3.18. The van der Waals surface area contributed by atoms with Crippen LogP contribution < -0.4 is 0 Å². The van der Waals surface area contributed by atoms with Gasteiger partial charge in [-0.25, -0.2) is 0 Å². The highest BCUT2D eigenvalue weighted by atomic mass is 16.5. The Balaban J connectivity index is 2.28. The highest BCUT2D eigenvalue weighted by Gasteiger charge is 2.10. The van der Waals surface area contributed by atoms with Crippen molar-refractivity contribution in [2.24, 2.45) is 5.92 Å². The zero-order valence-corrected chi connectivity index (χ0v) is 7.58. The molecule has 0 spiro atoms. The summed E-state index contributed by atoms with van der Waals surface area (Å²) in [4.78, 5) is 10.9. The molecule has 0 unspecified atom stereocenters. The van der Waals surface area contributed by atoms with Crippen molar-refractivity contribution < 1.29 is 9.53 Å². The number of ketones is 1. The quantitative estimate of drug-likeness (QED) is 0.602. The summed E-state index contributed by atoms with van der Waals surface area (Å²) in [5, 5.41) is 0. The van der Waals surface area contributed by atoms with E-state index in [-0.39, 0.29) is 5.78 Å². The maximum absolute atomic E-state index is 10.9. The Morgan fingerprint density at radius 1 is 1.50 bits per heavy atom. The van der Waals surface area contributed by atoms with E-state index in [1.807, 2.05) is 13.0 Å². The molecule has 0 amide bonds. The lowest BCUT2D eigenvalue weighted by molar-refractivity contribution is -0.114. The minimum Gasteiger partial charge on any atom is -0.381 e. The molecule has 12 heavy (non-hydrogen) atoms. The topological polar surface area (TPSA) is 26.3 Å². The van der Waals surface area contributed by atoms with E-state index < -0.39 is 0 Å². The van der Waals surface area contributed by atoms with Crippen LogP contribution in [0.15, 0.2) is 12.2 Å². The Morgan fingerprint density at radius 2 is 2.17 bits per heavy atom. The normalized spacial score (nSPS) is 20.1. The monoisotopic (exact) mass is 168 g/mol. The Morgan fingerprint density at radius 3 is 2.75 bits per heavy atom. The first-order chi connectivity index (χ1) is 5.83. The number of hydrogen-bond donors (Lipinski definition) is 0. The number of carbonyl (C=O) groups excluding carboxylic acids is 1. The molecule has 2 heteroatoms. The predicted molar refractivity (Wildman–Crippen MR) is 48.0 cm³/mol. The first kappa shape index (κ1) is 9.46. The molecule has 0 atom stereocenters. The van der Waals surface area contributed by atoms with Crippen LogP contribution in [0.4, 0.5) is 0 Å². The van der Waals surface area contributed by atoms with Gasteiger partial charge in [-0.1, -0.05) is 13.0 Å². The van der Waals surface area contributed by atoms with E-state index in [0.29, 0.717) is 12.3 Å². The smallest absolute Gasteiger partial charge is 0.155 e. The van der Waals surface area contributed by atoms with Gasteiger partial charge in [0.05, 0.1) is 0 Å². The second-order valence-electron chi connectivity index (χ2n) is 3.13. The number of carbonyl (C=O) groups is 1. The number of allylic oxidation sites excluding steroid dienone is 2. The SMILES string of the molecule is CCC(=O)C=CC1CCOCC1. The van der Waals surface area contributed by atoms with Crippen LogP contribution in [0, 0.1) is 5.92 Å². The first-order valence-corrected chi connectivity index (χ1v) is 4.61. The van der Waals surface area contributed by atoms with Crippen molar-refractivity contribution in [1.29, 1.82) is 0 Å². The fourth-order valence-electron chi connectivity index (χ4n) is 1.27. The van der Waals surface area contributed by atoms with Gasteiger partial charge in [0.2, 0.25) is 0 Å². The van der Waals surface area contributed by atoms with Crippen LogP contribution in [0.3, 0.4) is 0 Å². The average molecular weight is 168 g/mol. The van der Waals surface area contributed by atoms with Crippen LogP contribution in [0.1, 0.15) is 26.2 Å².